The van der Waals surface area contributed by atoms with E-state index in [1.807, 2.05) is 0 Å². The summed E-state index contributed by atoms with van der Waals surface area (Å²) in [7, 11) is 4.38. The molecule has 0 saturated heterocycles. The Morgan fingerprint density at radius 3 is 2.52 bits per heavy atom. The summed E-state index contributed by atoms with van der Waals surface area (Å²) >= 11 is 0. The highest BCUT2D eigenvalue weighted by Crippen LogP contribution is 2.34. The summed E-state index contributed by atoms with van der Waals surface area (Å²) in [5.74, 6) is 0.306. The second-order valence-electron chi connectivity index (χ2n) is 5.05. The smallest absolute Gasteiger partial charge is 0.341 e. The van der Waals surface area contributed by atoms with Crippen molar-refractivity contribution < 1.29 is 33.3 Å². The van der Waals surface area contributed by atoms with Crippen molar-refractivity contribution in [1.82, 2.24) is 0 Å². The Bertz CT molecular complexity index is 608. The van der Waals surface area contributed by atoms with Crippen LogP contribution in [0.2, 0.25) is 0 Å². The number of carbonyl (C=O) groups excluding carboxylic acids is 2. The molecule has 0 atom stereocenters. The normalized spacial score (nSPS) is 11.1. The molecule has 1 aromatic rings. The molecule has 7 nitrogen and oxygen atoms in total. The number of carbonyl (C=O) groups is 2. The minimum absolute atomic E-state index is 0.0656. The lowest BCUT2D eigenvalue weighted by atomic mass is 10.0. The van der Waals surface area contributed by atoms with Gasteiger partial charge in [0.05, 0.1) is 27.4 Å². The molecule has 7 heteroatoms. The summed E-state index contributed by atoms with van der Waals surface area (Å²) in [6, 6.07) is 3.22. The highest BCUT2D eigenvalue weighted by molar-refractivity contribution is 5.93. The standard InChI is InChI=1S/C18H24O7/c1-13(11-19)5-6-14-16(22-3)8-7-15(18(20)23-4)17(14)25-12-24-10-9-21-2/h5,7-8,11H,6,9-10,12H2,1-4H3/b13-5+. The lowest BCUT2D eigenvalue weighted by Crippen LogP contribution is -2.13. The van der Waals surface area contributed by atoms with Crippen LogP contribution in [0.5, 0.6) is 11.5 Å². The average Bonchev–Trinajstić information content (AvgIpc) is 2.64. The van der Waals surface area contributed by atoms with Gasteiger partial charge in [-0.15, -0.1) is 0 Å². The molecule has 0 N–H and O–H groups in total. The second-order valence-corrected chi connectivity index (χ2v) is 5.05. The third kappa shape index (κ3) is 6.21. The van der Waals surface area contributed by atoms with Gasteiger partial charge in [0.1, 0.15) is 23.3 Å². The zero-order valence-corrected chi connectivity index (χ0v) is 15.0. The van der Waals surface area contributed by atoms with Gasteiger partial charge in [-0.2, -0.15) is 0 Å². The molecule has 0 aliphatic carbocycles. The molecule has 0 fully saturated rings. The number of benzene rings is 1. The largest absolute Gasteiger partial charge is 0.496 e. The van der Waals surface area contributed by atoms with Crippen LogP contribution < -0.4 is 9.47 Å². The topological polar surface area (TPSA) is 80.3 Å². The molecule has 0 aliphatic rings. The van der Waals surface area contributed by atoms with Crippen molar-refractivity contribution in [2.24, 2.45) is 0 Å². The third-order valence-electron chi connectivity index (χ3n) is 3.38. The Morgan fingerprint density at radius 1 is 1.16 bits per heavy atom. The molecule has 138 valence electrons. The van der Waals surface area contributed by atoms with Crippen molar-refractivity contribution in [1.29, 1.82) is 0 Å². The summed E-state index contributed by atoms with van der Waals surface area (Å²) in [5, 5.41) is 0. The molecule has 0 spiro atoms. The van der Waals surface area contributed by atoms with Crippen molar-refractivity contribution >= 4 is 12.3 Å². The summed E-state index contributed by atoms with van der Waals surface area (Å²) in [6.07, 6.45) is 2.83. The Morgan fingerprint density at radius 2 is 1.92 bits per heavy atom. The van der Waals surface area contributed by atoms with Crippen molar-refractivity contribution in [3.8, 4) is 11.5 Å². The van der Waals surface area contributed by atoms with E-state index in [0.29, 0.717) is 42.3 Å². The Kier molecular flexibility index (Phi) is 9.28. The Balaban J connectivity index is 3.17. The zero-order valence-electron chi connectivity index (χ0n) is 15.0. The SMILES string of the molecule is COCCOCOc1c(C(=O)OC)ccc(OC)c1C/C=C(\C)C=O. The van der Waals surface area contributed by atoms with Crippen molar-refractivity contribution in [2.45, 2.75) is 13.3 Å². The fraction of sp³-hybridized carbons (Fsp3) is 0.444. The maximum atomic E-state index is 12.0. The predicted octanol–water partition coefficient (Wildman–Crippen LogP) is 2.17. The molecule has 0 aromatic heterocycles. The van der Waals surface area contributed by atoms with Gasteiger partial charge < -0.3 is 23.7 Å². The van der Waals surface area contributed by atoms with Crippen LogP contribution in [0.1, 0.15) is 22.8 Å². The Labute approximate surface area is 147 Å². The average molecular weight is 352 g/mol. The van der Waals surface area contributed by atoms with Crippen LogP contribution in [0.15, 0.2) is 23.8 Å². The number of rotatable bonds is 11. The van der Waals surface area contributed by atoms with Crippen LogP contribution in [-0.4, -0.2) is 53.6 Å². The quantitative estimate of drug-likeness (QED) is 0.198. The van der Waals surface area contributed by atoms with Crippen LogP contribution in [-0.2, 0) is 25.4 Å². The highest BCUT2D eigenvalue weighted by Gasteiger charge is 2.20. The van der Waals surface area contributed by atoms with E-state index >= 15 is 0 Å². The summed E-state index contributed by atoms with van der Waals surface area (Å²) < 4.78 is 26.0. The van der Waals surface area contributed by atoms with E-state index in [-0.39, 0.29) is 12.4 Å². The molecule has 0 amide bonds. The van der Waals surface area contributed by atoms with E-state index in [1.54, 1.807) is 32.2 Å². The minimum Gasteiger partial charge on any atom is -0.496 e. The third-order valence-corrected chi connectivity index (χ3v) is 3.38. The number of ether oxygens (including phenoxy) is 5. The van der Waals surface area contributed by atoms with Gasteiger partial charge in [-0.3, -0.25) is 4.79 Å². The lowest BCUT2D eigenvalue weighted by molar-refractivity contribution is -0.104. The second kappa shape index (κ2) is 11.2. The van der Waals surface area contributed by atoms with Gasteiger partial charge in [0, 0.05) is 12.7 Å². The number of hydrogen-bond acceptors (Lipinski definition) is 7. The number of allylic oxidation sites excluding steroid dienone is 2. The molecule has 1 rings (SSSR count). The first kappa shape index (κ1) is 20.7. The van der Waals surface area contributed by atoms with Gasteiger partial charge in [-0.25, -0.2) is 4.79 Å². The molecule has 0 bridgehead atoms. The Hall–Kier alpha value is -2.38. The van der Waals surface area contributed by atoms with Gasteiger partial charge in [0.2, 0.25) is 0 Å². The van der Waals surface area contributed by atoms with Crippen LogP contribution in [0.4, 0.5) is 0 Å². The summed E-state index contributed by atoms with van der Waals surface area (Å²) in [5.41, 5.74) is 1.44. The summed E-state index contributed by atoms with van der Waals surface area (Å²) in [6.45, 7) is 2.41. The van der Waals surface area contributed by atoms with Crippen LogP contribution in [0.25, 0.3) is 0 Å². The van der Waals surface area contributed by atoms with Crippen molar-refractivity contribution in [2.75, 3.05) is 41.3 Å². The molecule has 1 aromatic carbocycles. The molecular weight excluding hydrogens is 328 g/mol. The van der Waals surface area contributed by atoms with E-state index in [4.69, 9.17) is 23.7 Å². The molecule has 0 radical (unpaired) electrons. The van der Waals surface area contributed by atoms with E-state index in [1.165, 1.54) is 14.2 Å². The predicted molar refractivity (Wildman–Crippen MR) is 91.2 cm³/mol. The van der Waals surface area contributed by atoms with Crippen LogP contribution in [0.3, 0.4) is 0 Å². The van der Waals surface area contributed by atoms with E-state index in [2.05, 4.69) is 0 Å². The molecular formula is C18H24O7. The van der Waals surface area contributed by atoms with Crippen molar-refractivity contribution in [3.05, 3.63) is 34.9 Å². The van der Waals surface area contributed by atoms with Gasteiger partial charge >= 0.3 is 5.97 Å². The first-order valence-corrected chi connectivity index (χ1v) is 7.68. The minimum atomic E-state index is -0.535. The number of methoxy groups -OCH3 is 3. The number of esters is 1. The maximum Gasteiger partial charge on any atom is 0.341 e. The highest BCUT2D eigenvalue weighted by atomic mass is 16.7. The van der Waals surface area contributed by atoms with E-state index in [9.17, 15) is 9.59 Å². The summed E-state index contributed by atoms with van der Waals surface area (Å²) in [4.78, 5) is 22.9. The van der Waals surface area contributed by atoms with Crippen LogP contribution >= 0.6 is 0 Å². The fourth-order valence-electron chi connectivity index (χ4n) is 2.04. The van der Waals surface area contributed by atoms with Gasteiger partial charge in [0.15, 0.2) is 6.79 Å². The molecule has 0 aliphatic heterocycles. The van der Waals surface area contributed by atoms with Crippen molar-refractivity contribution in [3.63, 3.8) is 0 Å². The van der Waals surface area contributed by atoms with Crippen LogP contribution in [0, 0.1) is 0 Å². The van der Waals surface area contributed by atoms with Gasteiger partial charge in [-0.05, 0) is 31.1 Å². The number of hydrogen-bond donors (Lipinski definition) is 0. The first-order chi connectivity index (χ1) is 12.1. The molecule has 0 unspecified atom stereocenters. The molecule has 0 heterocycles. The maximum absolute atomic E-state index is 12.0. The van der Waals surface area contributed by atoms with E-state index < -0.39 is 5.97 Å². The van der Waals surface area contributed by atoms with E-state index in [0.717, 1.165) is 6.29 Å². The number of aldehydes is 1. The van der Waals surface area contributed by atoms with Gasteiger partial charge in [-0.1, -0.05) is 6.08 Å². The fourth-order valence-corrected chi connectivity index (χ4v) is 2.04. The lowest BCUT2D eigenvalue weighted by Gasteiger charge is -2.17. The van der Waals surface area contributed by atoms with Gasteiger partial charge in [0.25, 0.3) is 0 Å². The first-order valence-electron chi connectivity index (χ1n) is 7.68. The molecule has 25 heavy (non-hydrogen) atoms. The monoisotopic (exact) mass is 352 g/mol. The molecule has 0 saturated carbocycles. The zero-order chi connectivity index (χ0) is 18.7.